The molecule has 0 saturated heterocycles. The van der Waals surface area contributed by atoms with Gasteiger partial charge in [-0.2, -0.15) is 0 Å². The van der Waals surface area contributed by atoms with E-state index in [1.165, 1.54) is 12.3 Å². The van der Waals surface area contributed by atoms with Crippen LogP contribution in [0.5, 0.6) is 0 Å². The molecule has 0 fully saturated rings. The first kappa shape index (κ1) is 11.3. The number of nitrogens with one attached hydrogen (secondary N) is 1. The molecular formula is C11H11N3O3. The van der Waals surface area contributed by atoms with Crippen LogP contribution in [0.15, 0.2) is 35.1 Å². The summed E-state index contributed by atoms with van der Waals surface area (Å²) in [7, 11) is 0. The third-order valence-electron chi connectivity index (χ3n) is 2.13. The van der Waals surface area contributed by atoms with Gasteiger partial charge in [-0.15, -0.1) is 0 Å². The highest BCUT2D eigenvalue weighted by Gasteiger charge is 2.04. The van der Waals surface area contributed by atoms with Crippen molar-refractivity contribution in [2.75, 3.05) is 0 Å². The van der Waals surface area contributed by atoms with Gasteiger partial charge in [-0.1, -0.05) is 11.2 Å². The lowest BCUT2D eigenvalue weighted by Crippen LogP contribution is -2.15. The Labute approximate surface area is 97.3 Å². The third kappa shape index (κ3) is 3.12. The molecule has 6 nitrogen and oxygen atoms in total. The van der Waals surface area contributed by atoms with Crippen molar-refractivity contribution < 1.29 is 14.4 Å². The zero-order chi connectivity index (χ0) is 12.1. The molecule has 17 heavy (non-hydrogen) atoms. The second kappa shape index (κ2) is 5.22. The molecule has 0 aromatic carbocycles. The molecule has 0 aliphatic heterocycles. The number of nitrogens with zero attached hydrogens (tertiary/aromatic N) is 2. The van der Waals surface area contributed by atoms with E-state index in [1.807, 2.05) is 0 Å². The number of hydrogen-bond acceptors (Lipinski definition) is 5. The van der Waals surface area contributed by atoms with E-state index in [1.54, 1.807) is 18.2 Å². The monoisotopic (exact) mass is 233 g/mol. The fourth-order valence-electron chi connectivity index (χ4n) is 1.34. The van der Waals surface area contributed by atoms with Crippen molar-refractivity contribution in [2.24, 2.45) is 0 Å². The summed E-state index contributed by atoms with van der Waals surface area (Å²) in [6, 6.07) is 6.66. The summed E-state index contributed by atoms with van der Waals surface area (Å²) in [6.07, 6.45) is 1.50. The molecular weight excluding hydrogens is 222 g/mol. The summed E-state index contributed by atoms with van der Waals surface area (Å²) in [5.74, 6) is -1.02. The fraction of sp³-hybridized carbons (Fsp3) is 0.182. The topological polar surface area (TPSA) is 88.2 Å². The lowest BCUT2D eigenvalue weighted by molar-refractivity contribution is 0.0690. The van der Waals surface area contributed by atoms with Crippen LogP contribution in [0.25, 0.3) is 0 Å². The van der Waals surface area contributed by atoms with Crippen molar-refractivity contribution in [3.63, 3.8) is 0 Å². The van der Waals surface area contributed by atoms with Crippen LogP contribution >= 0.6 is 0 Å². The first-order valence-electron chi connectivity index (χ1n) is 5.05. The molecule has 2 rings (SSSR count). The maximum Gasteiger partial charge on any atom is 0.354 e. The molecule has 0 unspecified atom stereocenters. The minimum absolute atomic E-state index is 0.0470. The molecule has 2 aromatic rings. The van der Waals surface area contributed by atoms with Crippen molar-refractivity contribution in [1.29, 1.82) is 0 Å². The molecule has 88 valence electrons. The van der Waals surface area contributed by atoms with E-state index in [9.17, 15) is 4.79 Å². The minimum atomic E-state index is -1.02. The number of hydrogen-bond donors (Lipinski definition) is 2. The van der Waals surface area contributed by atoms with Crippen molar-refractivity contribution >= 4 is 5.97 Å². The minimum Gasteiger partial charge on any atom is -0.477 e. The SMILES string of the molecule is O=C(O)c1cccc(CNCc2ccon2)n1. The normalized spacial score (nSPS) is 10.4. The largest absolute Gasteiger partial charge is 0.477 e. The van der Waals surface area contributed by atoms with Gasteiger partial charge >= 0.3 is 5.97 Å². The molecule has 6 heteroatoms. The number of carboxylic acids is 1. The van der Waals surface area contributed by atoms with E-state index in [-0.39, 0.29) is 5.69 Å². The standard InChI is InChI=1S/C11H11N3O3/c15-11(16)10-3-1-2-8(13-10)6-12-7-9-4-5-17-14-9/h1-5,12H,6-7H2,(H,15,16). The number of rotatable bonds is 5. The van der Waals surface area contributed by atoms with Gasteiger partial charge in [0.15, 0.2) is 0 Å². The molecule has 0 aliphatic carbocycles. The van der Waals surface area contributed by atoms with E-state index >= 15 is 0 Å². The van der Waals surface area contributed by atoms with Crippen molar-refractivity contribution in [3.8, 4) is 0 Å². The van der Waals surface area contributed by atoms with Crippen LogP contribution in [0.1, 0.15) is 21.9 Å². The lowest BCUT2D eigenvalue weighted by Gasteiger charge is -2.02. The van der Waals surface area contributed by atoms with Crippen LogP contribution in [-0.4, -0.2) is 21.2 Å². The Bertz CT molecular complexity index is 496. The van der Waals surface area contributed by atoms with Crippen LogP contribution in [-0.2, 0) is 13.1 Å². The molecule has 0 radical (unpaired) electrons. The molecule has 2 heterocycles. The maximum absolute atomic E-state index is 10.7. The molecule has 0 bridgehead atoms. The lowest BCUT2D eigenvalue weighted by atomic mass is 10.3. The third-order valence-corrected chi connectivity index (χ3v) is 2.13. The molecule has 0 amide bonds. The van der Waals surface area contributed by atoms with Crippen LogP contribution < -0.4 is 5.32 Å². The highest BCUT2D eigenvalue weighted by Crippen LogP contribution is 2.00. The average Bonchev–Trinajstić information content (AvgIpc) is 2.82. The summed E-state index contributed by atoms with van der Waals surface area (Å²) in [5, 5.41) is 15.6. The van der Waals surface area contributed by atoms with Crippen LogP contribution in [0.4, 0.5) is 0 Å². The average molecular weight is 233 g/mol. The summed E-state index contributed by atoms with van der Waals surface area (Å²) in [6.45, 7) is 1.03. The molecule has 2 aromatic heterocycles. The summed E-state index contributed by atoms with van der Waals surface area (Å²) < 4.78 is 4.68. The maximum atomic E-state index is 10.7. The number of pyridine rings is 1. The smallest absolute Gasteiger partial charge is 0.354 e. The number of carboxylic acid groups (broad SMARTS) is 1. The van der Waals surface area contributed by atoms with Gasteiger partial charge in [0.1, 0.15) is 12.0 Å². The number of aromatic carboxylic acids is 1. The Morgan fingerprint density at radius 3 is 2.82 bits per heavy atom. The summed E-state index contributed by atoms with van der Waals surface area (Å²) in [4.78, 5) is 14.7. The van der Waals surface area contributed by atoms with Crippen LogP contribution in [0.3, 0.4) is 0 Å². The van der Waals surface area contributed by atoms with Crippen LogP contribution in [0, 0.1) is 0 Å². The van der Waals surface area contributed by atoms with E-state index < -0.39 is 5.97 Å². The second-order valence-corrected chi connectivity index (χ2v) is 3.41. The number of aromatic nitrogens is 2. The zero-order valence-electron chi connectivity index (χ0n) is 8.96. The van der Waals surface area contributed by atoms with Gasteiger partial charge in [-0.25, -0.2) is 9.78 Å². The first-order valence-corrected chi connectivity index (χ1v) is 5.05. The zero-order valence-corrected chi connectivity index (χ0v) is 8.96. The van der Waals surface area contributed by atoms with Crippen LogP contribution in [0.2, 0.25) is 0 Å². The van der Waals surface area contributed by atoms with Gasteiger partial charge in [0.05, 0.1) is 11.4 Å². The predicted octanol–water partition coefficient (Wildman–Crippen LogP) is 1.06. The molecule has 0 spiro atoms. The Kier molecular flexibility index (Phi) is 3.46. The van der Waals surface area contributed by atoms with Crippen molar-refractivity contribution in [3.05, 3.63) is 47.6 Å². The van der Waals surface area contributed by atoms with E-state index in [0.717, 1.165) is 5.69 Å². The highest BCUT2D eigenvalue weighted by atomic mass is 16.5. The molecule has 0 atom stereocenters. The number of carbonyl (C=O) groups is 1. The molecule has 2 N–H and O–H groups in total. The molecule has 0 aliphatic rings. The van der Waals surface area contributed by atoms with Gasteiger partial charge in [-0.3, -0.25) is 0 Å². The van der Waals surface area contributed by atoms with Crippen molar-refractivity contribution in [2.45, 2.75) is 13.1 Å². The summed E-state index contributed by atoms with van der Waals surface area (Å²) >= 11 is 0. The van der Waals surface area contributed by atoms with E-state index in [4.69, 9.17) is 5.11 Å². The van der Waals surface area contributed by atoms with Crippen molar-refractivity contribution in [1.82, 2.24) is 15.5 Å². The van der Waals surface area contributed by atoms with E-state index in [2.05, 4.69) is 20.0 Å². The van der Waals surface area contributed by atoms with Gasteiger partial charge in [0.2, 0.25) is 0 Å². The second-order valence-electron chi connectivity index (χ2n) is 3.41. The molecule has 0 saturated carbocycles. The van der Waals surface area contributed by atoms with Gasteiger partial charge in [-0.05, 0) is 12.1 Å². The predicted molar refractivity (Wildman–Crippen MR) is 58.2 cm³/mol. The summed E-state index contributed by atoms with van der Waals surface area (Å²) in [5.41, 5.74) is 1.51. The Balaban J connectivity index is 1.90. The van der Waals surface area contributed by atoms with Gasteiger partial charge in [0.25, 0.3) is 0 Å². The van der Waals surface area contributed by atoms with Gasteiger partial charge in [0, 0.05) is 19.2 Å². The first-order chi connectivity index (χ1) is 8.25. The Hall–Kier alpha value is -2.21. The van der Waals surface area contributed by atoms with Gasteiger partial charge < -0.3 is 14.9 Å². The Morgan fingerprint density at radius 1 is 1.29 bits per heavy atom. The quantitative estimate of drug-likeness (QED) is 0.802. The highest BCUT2D eigenvalue weighted by molar-refractivity contribution is 5.85. The Morgan fingerprint density at radius 2 is 2.12 bits per heavy atom. The van der Waals surface area contributed by atoms with E-state index in [0.29, 0.717) is 18.8 Å². The fourth-order valence-corrected chi connectivity index (χ4v) is 1.34.